The van der Waals surface area contributed by atoms with E-state index in [0.717, 1.165) is 33.6 Å². The predicted molar refractivity (Wildman–Crippen MR) is 96.9 cm³/mol. The maximum atomic E-state index is 5.79. The third-order valence-electron chi connectivity index (χ3n) is 3.74. The zero-order chi connectivity index (χ0) is 16.9. The molecule has 2 heterocycles. The molecule has 3 aromatic rings. The number of aromatic nitrogens is 4. The number of benzene rings is 1. The molecule has 0 bridgehead atoms. The number of hydrogen-bond donors (Lipinski definition) is 3. The Bertz CT molecular complexity index is 890. The van der Waals surface area contributed by atoms with Crippen LogP contribution in [0.5, 0.6) is 0 Å². The first-order chi connectivity index (χ1) is 11.7. The summed E-state index contributed by atoms with van der Waals surface area (Å²) in [5.41, 5.74) is 9.72. The van der Waals surface area contributed by atoms with E-state index in [9.17, 15) is 0 Å². The van der Waals surface area contributed by atoms with Gasteiger partial charge in [-0.2, -0.15) is 5.10 Å². The molecule has 6 nitrogen and oxygen atoms in total. The fraction of sp³-hybridized carbons (Fsp3) is 0.167. The number of nitrogen functional groups attached to an aromatic ring is 1. The second-order valence-electron chi connectivity index (χ2n) is 5.35. The largest absolute Gasteiger partial charge is 0.382 e. The molecule has 0 aliphatic heterocycles. The Balaban J connectivity index is 1.75. The minimum absolute atomic E-state index is 0.509. The topological polar surface area (TPSA) is 92.5 Å². The lowest BCUT2D eigenvalue weighted by atomic mass is 10.1. The van der Waals surface area contributed by atoms with Gasteiger partial charge in [-0.25, -0.2) is 9.97 Å². The van der Waals surface area contributed by atoms with Crippen LogP contribution in [0.15, 0.2) is 54.5 Å². The van der Waals surface area contributed by atoms with E-state index in [1.165, 1.54) is 0 Å². The van der Waals surface area contributed by atoms with Crippen molar-refractivity contribution in [2.24, 2.45) is 0 Å². The normalized spacial score (nSPS) is 12.2. The number of aromatic amines is 1. The fourth-order valence-corrected chi connectivity index (χ4v) is 2.43. The van der Waals surface area contributed by atoms with Crippen molar-refractivity contribution < 1.29 is 0 Å². The van der Waals surface area contributed by atoms with Gasteiger partial charge in [0.1, 0.15) is 5.82 Å². The molecule has 0 spiro atoms. The molecule has 0 amide bonds. The van der Waals surface area contributed by atoms with Gasteiger partial charge in [0.2, 0.25) is 0 Å². The third-order valence-corrected chi connectivity index (χ3v) is 3.74. The lowest BCUT2D eigenvalue weighted by molar-refractivity contribution is 0.769. The lowest BCUT2D eigenvalue weighted by Gasteiger charge is -2.07. The second-order valence-corrected chi connectivity index (χ2v) is 5.35. The van der Waals surface area contributed by atoms with Gasteiger partial charge in [-0.15, -0.1) is 0 Å². The number of hydrogen-bond acceptors (Lipinski definition) is 5. The quantitative estimate of drug-likeness (QED) is 0.628. The van der Waals surface area contributed by atoms with Crippen LogP contribution in [0.4, 0.5) is 5.82 Å². The molecule has 3 rings (SSSR count). The Morgan fingerprint density at radius 3 is 2.71 bits per heavy atom. The highest BCUT2D eigenvalue weighted by Gasteiger charge is 2.06. The van der Waals surface area contributed by atoms with E-state index in [1.807, 2.05) is 62.7 Å². The number of nitrogens with two attached hydrogens (primary N) is 1. The van der Waals surface area contributed by atoms with Crippen LogP contribution in [0.2, 0.25) is 0 Å². The average molecular weight is 320 g/mol. The van der Waals surface area contributed by atoms with Gasteiger partial charge < -0.3 is 11.1 Å². The molecule has 1 aromatic carbocycles. The lowest BCUT2D eigenvalue weighted by Crippen LogP contribution is -2.13. The number of fused-ring (bicyclic) bond motifs is 1. The summed E-state index contributed by atoms with van der Waals surface area (Å²) in [6.45, 7) is 4.56. The molecule has 24 heavy (non-hydrogen) atoms. The monoisotopic (exact) mass is 320 g/mol. The first-order valence-corrected chi connectivity index (χ1v) is 7.79. The highest BCUT2D eigenvalue weighted by Crippen LogP contribution is 2.24. The van der Waals surface area contributed by atoms with Gasteiger partial charge in [-0.3, -0.25) is 5.10 Å². The minimum atomic E-state index is 0.509. The summed E-state index contributed by atoms with van der Waals surface area (Å²) in [4.78, 5) is 8.86. The zero-order valence-electron chi connectivity index (χ0n) is 13.7. The van der Waals surface area contributed by atoms with Crippen LogP contribution < -0.4 is 11.1 Å². The molecular formula is C18H20N6. The number of allylic oxidation sites excluding steroid dienone is 3. The second kappa shape index (κ2) is 6.95. The van der Waals surface area contributed by atoms with Crippen LogP contribution in [-0.4, -0.2) is 20.2 Å². The van der Waals surface area contributed by atoms with Crippen molar-refractivity contribution in [1.82, 2.24) is 25.5 Å². The van der Waals surface area contributed by atoms with E-state index in [-0.39, 0.29) is 0 Å². The Morgan fingerprint density at radius 1 is 1.21 bits per heavy atom. The minimum Gasteiger partial charge on any atom is -0.382 e. The third kappa shape index (κ3) is 3.27. The van der Waals surface area contributed by atoms with Crippen molar-refractivity contribution in [3.63, 3.8) is 0 Å². The molecule has 0 unspecified atom stereocenters. The molecule has 122 valence electrons. The van der Waals surface area contributed by atoms with Crippen molar-refractivity contribution in [1.29, 1.82) is 0 Å². The molecular weight excluding hydrogens is 300 g/mol. The van der Waals surface area contributed by atoms with Gasteiger partial charge in [0.15, 0.2) is 5.82 Å². The van der Waals surface area contributed by atoms with Crippen molar-refractivity contribution in [2.45, 2.75) is 20.4 Å². The Kier molecular flexibility index (Phi) is 4.56. The van der Waals surface area contributed by atoms with Gasteiger partial charge >= 0.3 is 0 Å². The van der Waals surface area contributed by atoms with E-state index in [2.05, 4.69) is 25.5 Å². The summed E-state index contributed by atoms with van der Waals surface area (Å²) >= 11 is 0. The molecule has 0 atom stereocenters. The molecule has 2 aromatic heterocycles. The summed E-state index contributed by atoms with van der Waals surface area (Å²) in [7, 11) is 0. The fourth-order valence-electron chi connectivity index (χ4n) is 2.43. The molecule has 0 saturated carbocycles. The van der Waals surface area contributed by atoms with Crippen molar-refractivity contribution in [2.75, 3.05) is 5.73 Å². The predicted octanol–water partition coefficient (Wildman–Crippen LogP) is 3.17. The van der Waals surface area contributed by atoms with Gasteiger partial charge in [0, 0.05) is 29.0 Å². The number of H-pyrrole nitrogens is 1. The van der Waals surface area contributed by atoms with E-state index >= 15 is 0 Å². The molecule has 0 aliphatic rings. The van der Waals surface area contributed by atoms with Gasteiger partial charge in [-0.1, -0.05) is 18.2 Å². The van der Waals surface area contributed by atoms with Crippen LogP contribution in [0, 0.1) is 0 Å². The van der Waals surface area contributed by atoms with E-state index in [4.69, 9.17) is 5.73 Å². The van der Waals surface area contributed by atoms with E-state index in [1.54, 1.807) is 0 Å². The number of rotatable bonds is 5. The molecule has 0 fully saturated rings. The van der Waals surface area contributed by atoms with Gasteiger partial charge in [-0.05, 0) is 37.6 Å². The van der Waals surface area contributed by atoms with Crippen LogP contribution in [0.25, 0.3) is 22.0 Å². The number of nitrogens with zero attached hydrogens (tertiary/aromatic N) is 3. The maximum absolute atomic E-state index is 5.79. The Labute approximate surface area is 140 Å². The van der Waals surface area contributed by atoms with E-state index in [0.29, 0.717) is 12.4 Å². The number of nitrogens with one attached hydrogen (secondary N) is 2. The summed E-state index contributed by atoms with van der Waals surface area (Å²) in [6.07, 6.45) is 9.68. The summed E-state index contributed by atoms with van der Waals surface area (Å²) in [5.74, 6) is 1.25. The average Bonchev–Trinajstić information content (AvgIpc) is 2.99. The molecule has 0 aliphatic carbocycles. The van der Waals surface area contributed by atoms with Gasteiger partial charge in [0.25, 0.3) is 0 Å². The van der Waals surface area contributed by atoms with Crippen molar-refractivity contribution in [3.05, 3.63) is 60.3 Å². The molecule has 0 saturated heterocycles. The maximum Gasteiger partial charge on any atom is 0.153 e. The first kappa shape index (κ1) is 15.7. The van der Waals surface area contributed by atoms with E-state index < -0.39 is 0 Å². The summed E-state index contributed by atoms with van der Waals surface area (Å²) < 4.78 is 0. The van der Waals surface area contributed by atoms with Crippen molar-refractivity contribution in [3.8, 4) is 11.1 Å². The van der Waals surface area contributed by atoms with Crippen LogP contribution in [0.3, 0.4) is 0 Å². The van der Waals surface area contributed by atoms with Crippen LogP contribution >= 0.6 is 0 Å². The van der Waals surface area contributed by atoms with Gasteiger partial charge in [0.05, 0.1) is 12.1 Å². The van der Waals surface area contributed by atoms with Crippen molar-refractivity contribution >= 4 is 16.7 Å². The highest BCUT2D eigenvalue weighted by molar-refractivity contribution is 5.91. The standard InChI is InChI=1S/C18H20N6/c1-3-5-14(4-2)20-11-17-21-9-13(10-22-17)12-6-7-15-16(8-12)23-24-18(15)19/h3-10,20H,11H2,1-2H3,(H3,19,23,24)/b5-3-,14-4+. The number of anilines is 1. The van der Waals surface area contributed by atoms with Crippen LogP contribution in [-0.2, 0) is 6.54 Å². The summed E-state index contributed by atoms with van der Waals surface area (Å²) in [6, 6.07) is 5.95. The molecule has 4 N–H and O–H groups in total. The summed E-state index contributed by atoms with van der Waals surface area (Å²) in [5, 5.41) is 11.1. The highest BCUT2D eigenvalue weighted by atomic mass is 15.1. The first-order valence-electron chi connectivity index (χ1n) is 7.79. The van der Waals surface area contributed by atoms with Crippen LogP contribution in [0.1, 0.15) is 19.7 Å². The molecule has 6 heteroatoms. The SMILES string of the molecule is C/C=C\C(=C/C)NCc1ncc(-c2ccc3c(N)n[nH]c3c2)cn1. The Morgan fingerprint density at radius 2 is 2.00 bits per heavy atom. The zero-order valence-corrected chi connectivity index (χ0v) is 13.7. The smallest absolute Gasteiger partial charge is 0.153 e. The molecule has 0 radical (unpaired) electrons. The Hall–Kier alpha value is -3.15.